The van der Waals surface area contributed by atoms with Crippen molar-refractivity contribution < 1.29 is 22.3 Å². The Morgan fingerprint density at radius 3 is 2.66 bits per heavy atom. The quantitative estimate of drug-likeness (QED) is 0.303. The Hall–Kier alpha value is -2.46. The number of rotatable bonds is 10. The SMILES string of the molecule is CC(C)CN(Cc1cnc(S(=O)(=O)Cc2ccccc2F)n1CC1CCCO1)C(=O)c1ccc(Cl)cc1Cl. The van der Waals surface area contributed by atoms with Gasteiger partial charge in [0.2, 0.25) is 15.0 Å². The van der Waals surface area contributed by atoms with Gasteiger partial charge in [-0.2, -0.15) is 0 Å². The molecule has 1 fully saturated rings. The number of benzene rings is 2. The molecule has 3 aromatic rings. The van der Waals surface area contributed by atoms with Gasteiger partial charge in [0, 0.05) is 23.7 Å². The number of sulfone groups is 1. The number of aromatic nitrogens is 2. The number of carbonyl (C=O) groups excluding carboxylic acids is 1. The lowest BCUT2D eigenvalue weighted by Crippen LogP contribution is -2.35. The van der Waals surface area contributed by atoms with Gasteiger partial charge in [-0.3, -0.25) is 4.79 Å². The topological polar surface area (TPSA) is 81.5 Å². The zero-order valence-corrected chi connectivity index (χ0v) is 23.6. The summed E-state index contributed by atoms with van der Waals surface area (Å²) in [6.45, 7) is 5.33. The van der Waals surface area contributed by atoms with E-state index < -0.39 is 21.4 Å². The second-order valence-corrected chi connectivity index (χ2v) is 12.6. The highest BCUT2D eigenvalue weighted by atomic mass is 35.5. The summed E-state index contributed by atoms with van der Waals surface area (Å²) in [7, 11) is -4.01. The molecule has 1 aliphatic rings. The van der Waals surface area contributed by atoms with E-state index in [0.29, 0.717) is 29.4 Å². The molecule has 0 bridgehead atoms. The third-order valence-corrected chi connectivity index (χ3v) is 8.40. The summed E-state index contributed by atoms with van der Waals surface area (Å²) in [6.07, 6.45) is 2.93. The Kier molecular flexibility index (Phi) is 9.13. The highest BCUT2D eigenvalue weighted by Gasteiger charge is 2.29. The molecule has 2 aromatic carbocycles. The predicted octanol–water partition coefficient (Wildman–Crippen LogP) is 5.78. The number of ether oxygens (including phenoxy) is 1. The summed E-state index contributed by atoms with van der Waals surface area (Å²) in [5.41, 5.74) is 0.899. The molecule has 2 heterocycles. The molecule has 1 aliphatic heterocycles. The van der Waals surface area contributed by atoms with Gasteiger partial charge in [-0.1, -0.05) is 55.2 Å². The van der Waals surface area contributed by atoms with E-state index in [2.05, 4.69) is 4.98 Å². The van der Waals surface area contributed by atoms with Crippen molar-refractivity contribution in [3.05, 3.63) is 81.3 Å². The Labute approximate surface area is 232 Å². The maximum absolute atomic E-state index is 14.3. The lowest BCUT2D eigenvalue weighted by molar-refractivity contribution is 0.0711. The van der Waals surface area contributed by atoms with Gasteiger partial charge >= 0.3 is 0 Å². The standard InChI is InChI=1S/C27H30Cl2FN3O4S/c1-18(2)14-32(26(34)23-10-9-20(28)12-24(23)29)15-21-13-31-27(33(21)16-22-7-5-11-37-22)38(35,36)17-19-6-3-4-8-25(19)30/h3-4,6,8-10,12-13,18,22H,5,7,11,14-17H2,1-2H3. The summed E-state index contributed by atoms with van der Waals surface area (Å²) < 4.78 is 48.6. The lowest BCUT2D eigenvalue weighted by Gasteiger charge is -2.26. The molecule has 4 rings (SSSR count). The van der Waals surface area contributed by atoms with Crippen molar-refractivity contribution in [3.63, 3.8) is 0 Å². The van der Waals surface area contributed by atoms with E-state index in [-0.39, 0.29) is 46.8 Å². The molecular weight excluding hydrogens is 552 g/mol. The van der Waals surface area contributed by atoms with E-state index in [1.54, 1.807) is 27.7 Å². The Balaban J connectivity index is 1.70. The first-order valence-corrected chi connectivity index (χ1v) is 14.8. The fraction of sp³-hybridized carbons (Fsp3) is 0.407. The largest absolute Gasteiger partial charge is 0.376 e. The minimum Gasteiger partial charge on any atom is -0.376 e. The van der Waals surface area contributed by atoms with E-state index in [9.17, 15) is 17.6 Å². The molecule has 0 saturated carbocycles. The van der Waals surface area contributed by atoms with Gasteiger partial charge in [-0.25, -0.2) is 17.8 Å². The van der Waals surface area contributed by atoms with E-state index in [4.69, 9.17) is 27.9 Å². The first-order chi connectivity index (χ1) is 18.0. The Morgan fingerprint density at radius 2 is 2.00 bits per heavy atom. The molecule has 11 heteroatoms. The summed E-state index contributed by atoms with van der Waals surface area (Å²) in [4.78, 5) is 19.4. The van der Waals surface area contributed by atoms with Crippen LogP contribution in [-0.2, 0) is 33.4 Å². The summed E-state index contributed by atoms with van der Waals surface area (Å²) in [5.74, 6) is -1.30. The van der Waals surface area contributed by atoms with Gasteiger partial charge in [-0.05, 0) is 43.0 Å². The zero-order valence-electron chi connectivity index (χ0n) is 21.2. The van der Waals surface area contributed by atoms with Crippen LogP contribution in [0.15, 0.2) is 53.8 Å². The van der Waals surface area contributed by atoms with Gasteiger partial charge in [-0.15, -0.1) is 0 Å². The third-order valence-electron chi connectivity index (χ3n) is 6.28. The van der Waals surface area contributed by atoms with Crippen molar-refractivity contribution in [1.29, 1.82) is 0 Å². The fourth-order valence-electron chi connectivity index (χ4n) is 4.53. The average Bonchev–Trinajstić information content (AvgIpc) is 3.50. The van der Waals surface area contributed by atoms with E-state index in [1.807, 2.05) is 13.8 Å². The molecule has 1 aromatic heterocycles. The van der Waals surface area contributed by atoms with Crippen molar-refractivity contribution in [1.82, 2.24) is 14.5 Å². The summed E-state index contributed by atoms with van der Waals surface area (Å²) in [5, 5.41) is 0.478. The number of hydrogen-bond acceptors (Lipinski definition) is 5. The monoisotopic (exact) mass is 581 g/mol. The van der Waals surface area contributed by atoms with E-state index in [0.717, 1.165) is 12.8 Å². The maximum atomic E-state index is 14.3. The number of hydrogen-bond donors (Lipinski definition) is 0. The number of halogens is 3. The molecule has 0 spiro atoms. The molecule has 0 N–H and O–H groups in total. The van der Waals surface area contributed by atoms with Crippen LogP contribution in [0.25, 0.3) is 0 Å². The summed E-state index contributed by atoms with van der Waals surface area (Å²) in [6, 6.07) is 10.5. The van der Waals surface area contributed by atoms with Crippen molar-refractivity contribution >= 4 is 38.9 Å². The second-order valence-electron chi connectivity index (χ2n) is 9.83. The van der Waals surface area contributed by atoms with Gasteiger partial charge in [0.1, 0.15) is 5.82 Å². The van der Waals surface area contributed by atoms with Crippen molar-refractivity contribution in [3.8, 4) is 0 Å². The van der Waals surface area contributed by atoms with Gasteiger partial charge in [0.15, 0.2) is 0 Å². The molecule has 1 unspecified atom stereocenters. The molecule has 1 atom stereocenters. The molecule has 0 aliphatic carbocycles. The highest BCUT2D eigenvalue weighted by Crippen LogP contribution is 2.26. The number of nitrogens with zero attached hydrogens (tertiary/aromatic N) is 3. The number of amides is 1. The average molecular weight is 583 g/mol. The molecule has 0 radical (unpaired) electrons. The van der Waals surface area contributed by atoms with Crippen LogP contribution in [0.2, 0.25) is 10.0 Å². The van der Waals surface area contributed by atoms with Crippen LogP contribution in [0, 0.1) is 11.7 Å². The van der Waals surface area contributed by atoms with Crippen molar-refractivity contribution in [2.24, 2.45) is 5.92 Å². The van der Waals surface area contributed by atoms with Gasteiger partial charge in [0.05, 0.1) is 47.4 Å². The second kappa shape index (κ2) is 12.2. The normalized spacial score (nSPS) is 15.8. The van der Waals surface area contributed by atoms with Crippen molar-refractivity contribution in [2.45, 2.75) is 56.8 Å². The van der Waals surface area contributed by atoms with Crippen LogP contribution >= 0.6 is 23.2 Å². The number of imidazole rings is 1. The van der Waals surface area contributed by atoms with Crippen LogP contribution in [0.5, 0.6) is 0 Å². The smallest absolute Gasteiger partial charge is 0.255 e. The molecule has 204 valence electrons. The maximum Gasteiger partial charge on any atom is 0.255 e. The predicted molar refractivity (Wildman–Crippen MR) is 145 cm³/mol. The minimum absolute atomic E-state index is 0.0645. The highest BCUT2D eigenvalue weighted by molar-refractivity contribution is 7.90. The molecule has 38 heavy (non-hydrogen) atoms. The Morgan fingerprint density at radius 1 is 1.24 bits per heavy atom. The third kappa shape index (κ3) is 6.75. The van der Waals surface area contributed by atoms with Crippen molar-refractivity contribution in [2.75, 3.05) is 13.2 Å². The molecule has 1 saturated heterocycles. The van der Waals surface area contributed by atoms with Crippen LogP contribution in [0.3, 0.4) is 0 Å². The minimum atomic E-state index is -4.01. The molecular formula is C27H30Cl2FN3O4S. The van der Waals surface area contributed by atoms with Crippen LogP contribution < -0.4 is 0 Å². The zero-order chi connectivity index (χ0) is 27.4. The summed E-state index contributed by atoms with van der Waals surface area (Å²) >= 11 is 12.3. The van der Waals surface area contributed by atoms with E-state index in [1.165, 1.54) is 30.5 Å². The van der Waals surface area contributed by atoms with Crippen LogP contribution in [-0.4, -0.2) is 48.0 Å². The van der Waals surface area contributed by atoms with E-state index >= 15 is 0 Å². The molecule has 7 nitrogen and oxygen atoms in total. The van der Waals surface area contributed by atoms with Gasteiger partial charge in [0.25, 0.3) is 5.91 Å². The van der Waals surface area contributed by atoms with Crippen LogP contribution in [0.4, 0.5) is 4.39 Å². The Bertz CT molecular complexity index is 1410. The first kappa shape index (κ1) is 28.5. The fourth-order valence-corrected chi connectivity index (χ4v) is 6.53. The molecule has 1 amide bonds. The van der Waals surface area contributed by atoms with Crippen LogP contribution in [0.1, 0.15) is 48.3 Å². The lowest BCUT2D eigenvalue weighted by atomic mass is 10.1. The first-order valence-electron chi connectivity index (χ1n) is 12.4. The van der Waals surface area contributed by atoms with Gasteiger partial charge < -0.3 is 14.2 Å². The number of carbonyl (C=O) groups is 1.